The van der Waals surface area contributed by atoms with Gasteiger partial charge in [0.15, 0.2) is 0 Å². The molecule has 0 amide bonds. The van der Waals surface area contributed by atoms with E-state index in [0.717, 1.165) is 19.4 Å². The SMILES string of the molecule is CC(N)C(N(C)CC1CCCN1C)C(F)(F)F. The number of hydrogen-bond acceptors (Lipinski definition) is 3. The highest BCUT2D eigenvalue weighted by Gasteiger charge is 2.45. The molecule has 2 N–H and O–H groups in total. The van der Waals surface area contributed by atoms with E-state index >= 15 is 0 Å². The fourth-order valence-corrected chi connectivity index (χ4v) is 2.61. The highest BCUT2D eigenvalue weighted by molar-refractivity contribution is 4.88. The van der Waals surface area contributed by atoms with Gasteiger partial charge in [-0.2, -0.15) is 13.2 Å². The Morgan fingerprint density at radius 2 is 2.06 bits per heavy atom. The third-order valence-electron chi connectivity index (χ3n) is 3.48. The number of halogens is 3. The summed E-state index contributed by atoms with van der Waals surface area (Å²) in [7, 11) is 3.47. The molecule has 0 aromatic carbocycles. The van der Waals surface area contributed by atoms with Crippen molar-refractivity contribution in [3.05, 3.63) is 0 Å². The molecule has 0 saturated carbocycles. The summed E-state index contributed by atoms with van der Waals surface area (Å²) in [6, 6.07) is -2.26. The molecule has 3 unspecified atom stereocenters. The van der Waals surface area contributed by atoms with Gasteiger partial charge in [-0.1, -0.05) is 0 Å². The number of nitrogens with two attached hydrogens (primary N) is 1. The van der Waals surface area contributed by atoms with Crippen LogP contribution in [-0.2, 0) is 0 Å². The van der Waals surface area contributed by atoms with Crippen molar-refractivity contribution in [1.29, 1.82) is 0 Å². The van der Waals surface area contributed by atoms with E-state index in [9.17, 15) is 13.2 Å². The quantitative estimate of drug-likeness (QED) is 0.819. The number of hydrogen-bond donors (Lipinski definition) is 1. The van der Waals surface area contributed by atoms with Crippen molar-refractivity contribution in [1.82, 2.24) is 9.80 Å². The molecular weight excluding hydrogens is 231 g/mol. The van der Waals surface area contributed by atoms with Gasteiger partial charge in [0.25, 0.3) is 0 Å². The Balaban J connectivity index is 2.62. The second-order valence-electron chi connectivity index (χ2n) is 5.06. The molecule has 0 radical (unpaired) electrons. The summed E-state index contributed by atoms with van der Waals surface area (Å²) >= 11 is 0. The Bertz CT molecular complexity index is 243. The Labute approximate surface area is 101 Å². The van der Waals surface area contributed by atoms with Crippen LogP contribution in [-0.4, -0.2) is 61.3 Å². The van der Waals surface area contributed by atoms with Crippen LogP contribution in [0.2, 0.25) is 0 Å². The van der Waals surface area contributed by atoms with Crippen molar-refractivity contribution in [3.8, 4) is 0 Å². The molecule has 0 bridgehead atoms. The van der Waals surface area contributed by atoms with Gasteiger partial charge < -0.3 is 10.6 Å². The van der Waals surface area contributed by atoms with Gasteiger partial charge in [-0.15, -0.1) is 0 Å². The zero-order valence-corrected chi connectivity index (χ0v) is 10.7. The van der Waals surface area contributed by atoms with Crippen LogP contribution in [0.25, 0.3) is 0 Å². The fraction of sp³-hybridized carbons (Fsp3) is 1.00. The van der Waals surface area contributed by atoms with Gasteiger partial charge in [-0.3, -0.25) is 4.90 Å². The molecule has 0 aliphatic carbocycles. The normalized spacial score (nSPS) is 26.5. The lowest BCUT2D eigenvalue weighted by atomic mass is 10.1. The molecular formula is C11H22F3N3. The molecule has 1 rings (SSSR count). The molecule has 1 heterocycles. The van der Waals surface area contributed by atoms with Gasteiger partial charge in [0.05, 0.1) is 0 Å². The largest absolute Gasteiger partial charge is 0.405 e. The van der Waals surface area contributed by atoms with E-state index in [2.05, 4.69) is 4.90 Å². The minimum atomic E-state index is -4.26. The summed E-state index contributed by atoms with van der Waals surface area (Å²) in [4.78, 5) is 3.46. The Kier molecular flexibility index (Phi) is 4.80. The number of rotatable bonds is 4. The Morgan fingerprint density at radius 1 is 1.47 bits per heavy atom. The second kappa shape index (κ2) is 5.54. The third kappa shape index (κ3) is 3.82. The zero-order chi connectivity index (χ0) is 13.2. The van der Waals surface area contributed by atoms with Crippen LogP contribution in [0.1, 0.15) is 19.8 Å². The summed E-state index contributed by atoms with van der Waals surface area (Å²) in [6.07, 6.45) is -2.24. The van der Waals surface area contributed by atoms with Crippen molar-refractivity contribution in [3.63, 3.8) is 0 Å². The first kappa shape index (κ1) is 14.7. The van der Waals surface area contributed by atoms with Crippen LogP contribution in [0.4, 0.5) is 13.2 Å². The third-order valence-corrected chi connectivity index (χ3v) is 3.48. The monoisotopic (exact) mass is 253 g/mol. The molecule has 6 heteroatoms. The van der Waals surface area contributed by atoms with E-state index in [1.807, 2.05) is 7.05 Å². The average molecular weight is 253 g/mol. The first-order valence-corrected chi connectivity index (χ1v) is 5.96. The minimum absolute atomic E-state index is 0.212. The average Bonchev–Trinajstić information content (AvgIpc) is 2.48. The van der Waals surface area contributed by atoms with Crippen molar-refractivity contribution >= 4 is 0 Å². The van der Waals surface area contributed by atoms with Crippen molar-refractivity contribution in [2.24, 2.45) is 5.73 Å². The van der Waals surface area contributed by atoms with Gasteiger partial charge >= 0.3 is 6.18 Å². The molecule has 102 valence electrons. The fourth-order valence-electron chi connectivity index (χ4n) is 2.61. The van der Waals surface area contributed by atoms with Gasteiger partial charge in [-0.25, -0.2) is 0 Å². The number of likely N-dealkylation sites (N-methyl/N-ethyl adjacent to an activating group) is 2. The maximum Gasteiger partial charge on any atom is 0.405 e. The molecule has 3 atom stereocenters. The topological polar surface area (TPSA) is 32.5 Å². The van der Waals surface area contributed by atoms with E-state index in [4.69, 9.17) is 5.73 Å². The van der Waals surface area contributed by atoms with Gasteiger partial charge in [0.1, 0.15) is 6.04 Å². The van der Waals surface area contributed by atoms with Gasteiger partial charge in [0, 0.05) is 18.6 Å². The molecule has 3 nitrogen and oxygen atoms in total. The second-order valence-corrected chi connectivity index (χ2v) is 5.06. The highest BCUT2D eigenvalue weighted by Crippen LogP contribution is 2.27. The molecule has 1 fully saturated rings. The van der Waals surface area contributed by atoms with Crippen LogP contribution in [0, 0.1) is 0 Å². The predicted octanol–water partition coefficient (Wildman–Crippen LogP) is 1.29. The van der Waals surface area contributed by atoms with E-state index in [0.29, 0.717) is 6.54 Å². The van der Waals surface area contributed by atoms with Crippen molar-refractivity contribution < 1.29 is 13.2 Å². The zero-order valence-electron chi connectivity index (χ0n) is 10.7. The summed E-state index contributed by atoms with van der Waals surface area (Å²) in [5, 5.41) is 0. The molecule has 1 saturated heterocycles. The smallest absolute Gasteiger partial charge is 0.326 e. The lowest BCUT2D eigenvalue weighted by molar-refractivity contribution is -0.185. The Hall–Kier alpha value is -0.330. The number of alkyl halides is 3. The van der Waals surface area contributed by atoms with E-state index in [1.165, 1.54) is 18.9 Å². The van der Waals surface area contributed by atoms with Crippen molar-refractivity contribution in [2.75, 3.05) is 27.2 Å². The molecule has 0 aromatic heterocycles. The molecule has 0 aromatic rings. The molecule has 1 aliphatic heterocycles. The summed E-state index contributed by atoms with van der Waals surface area (Å²) < 4.78 is 38.6. The van der Waals surface area contributed by atoms with Crippen LogP contribution in [0.15, 0.2) is 0 Å². The minimum Gasteiger partial charge on any atom is -0.326 e. The van der Waals surface area contributed by atoms with E-state index < -0.39 is 18.3 Å². The predicted molar refractivity (Wildman–Crippen MR) is 61.8 cm³/mol. The van der Waals surface area contributed by atoms with Crippen LogP contribution in [0.5, 0.6) is 0 Å². The number of likely N-dealkylation sites (tertiary alicyclic amines) is 1. The number of nitrogens with zero attached hydrogens (tertiary/aromatic N) is 2. The van der Waals surface area contributed by atoms with E-state index in [1.54, 1.807) is 0 Å². The standard InChI is InChI=1S/C11H22F3N3/c1-8(15)10(11(12,13)14)17(3)7-9-5-4-6-16(9)2/h8-10H,4-7,15H2,1-3H3. The highest BCUT2D eigenvalue weighted by atomic mass is 19.4. The Morgan fingerprint density at radius 3 is 2.41 bits per heavy atom. The van der Waals surface area contributed by atoms with Crippen LogP contribution in [0.3, 0.4) is 0 Å². The summed E-state index contributed by atoms with van der Waals surface area (Å²) in [5.41, 5.74) is 5.46. The molecule has 1 aliphatic rings. The van der Waals surface area contributed by atoms with Gasteiger partial charge in [0.2, 0.25) is 0 Å². The maximum absolute atomic E-state index is 12.9. The molecule has 0 spiro atoms. The molecule has 17 heavy (non-hydrogen) atoms. The summed E-state index contributed by atoms with van der Waals surface area (Å²) in [6.45, 7) is 2.79. The van der Waals surface area contributed by atoms with Crippen LogP contribution >= 0.6 is 0 Å². The summed E-state index contributed by atoms with van der Waals surface area (Å²) in [5.74, 6) is 0. The first-order chi connectivity index (χ1) is 7.73. The van der Waals surface area contributed by atoms with Gasteiger partial charge in [-0.05, 0) is 40.4 Å². The lowest BCUT2D eigenvalue weighted by Gasteiger charge is -2.35. The van der Waals surface area contributed by atoms with Crippen molar-refractivity contribution in [2.45, 2.75) is 44.1 Å². The van der Waals surface area contributed by atoms with Crippen LogP contribution < -0.4 is 5.73 Å². The first-order valence-electron chi connectivity index (χ1n) is 5.96. The lowest BCUT2D eigenvalue weighted by Crippen LogP contribution is -2.55. The maximum atomic E-state index is 12.9. The van der Waals surface area contributed by atoms with E-state index in [-0.39, 0.29) is 6.04 Å².